The van der Waals surface area contributed by atoms with E-state index in [0.29, 0.717) is 39.3 Å². The molecular formula is C23H23ClF3N3O2. The predicted molar refractivity (Wildman–Crippen MR) is 119 cm³/mol. The van der Waals surface area contributed by atoms with Gasteiger partial charge in [-0.05, 0) is 48.6 Å². The van der Waals surface area contributed by atoms with Gasteiger partial charge in [-0.2, -0.15) is 13.2 Å². The lowest BCUT2D eigenvalue weighted by atomic mass is 9.75. The lowest BCUT2D eigenvalue weighted by Crippen LogP contribution is -2.50. The van der Waals surface area contributed by atoms with Gasteiger partial charge in [0, 0.05) is 17.8 Å². The monoisotopic (exact) mass is 465 g/mol. The van der Waals surface area contributed by atoms with Crippen molar-refractivity contribution in [2.24, 2.45) is 4.99 Å². The van der Waals surface area contributed by atoms with E-state index in [1.54, 1.807) is 57.2 Å². The van der Waals surface area contributed by atoms with Gasteiger partial charge in [-0.25, -0.2) is 9.97 Å². The molecule has 9 heteroatoms. The van der Waals surface area contributed by atoms with E-state index in [1.165, 1.54) is 13.3 Å². The van der Waals surface area contributed by atoms with Crippen LogP contribution in [0.1, 0.15) is 31.7 Å². The number of aliphatic imine (C=N–C) groups is 1. The van der Waals surface area contributed by atoms with E-state index in [9.17, 15) is 18.3 Å². The maximum atomic E-state index is 14.0. The molecule has 0 fully saturated rings. The first kappa shape index (κ1) is 23.9. The first-order valence-corrected chi connectivity index (χ1v) is 10.1. The van der Waals surface area contributed by atoms with Gasteiger partial charge < -0.3 is 9.84 Å². The molecular weight excluding hydrogens is 443 g/mol. The second kappa shape index (κ2) is 8.67. The van der Waals surface area contributed by atoms with Crippen LogP contribution in [0.4, 0.5) is 18.9 Å². The molecule has 3 rings (SSSR count). The smallest absolute Gasteiger partial charge is 0.422 e. The summed E-state index contributed by atoms with van der Waals surface area (Å²) in [5.74, 6) is 0.873. The van der Waals surface area contributed by atoms with Gasteiger partial charge in [0.1, 0.15) is 11.6 Å². The topological polar surface area (TPSA) is 67.6 Å². The Morgan fingerprint density at radius 1 is 1.19 bits per heavy atom. The van der Waals surface area contributed by atoms with Gasteiger partial charge >= 0.3 is 6.18 Å². The molecule has 1 atom stereocenters. The molecule has 0 radical (unpaired) electrons. The SMILES string of the molecule is COc1cc(C(C)(C)CC(O)(/C=N/c2cccc3nc(C)ncc23)C(F)(F)F)ccc1Cl. The molecule has 2 aromatic carbocycles. The van der Waals surface area contributed by atoms with Crippen molar-refractivity contribution < 1.29 is 23.0 Å². The van der Waals surface area contributed by atoms with Crippen LogP contribution in [0, 0.1) is 6.92 Å². The number of methoxy groups -OCH3 is 1. The molecule has 0 spiro atoms. The highest BCUT2D eigenvalue weighted by atomic mass is 35.5. The Morgan fingerprint density at radius 2 is 1.91 bits per heavy atom. The van der Waals surface area contributed by atoms with Crippen molar-refractivity contribution in [1.29, 1.82) is 0 Å². The van der Waals surface area contributed by atoms with E-state index in [1.807, 2.05) is 0 Å². The summed E-state index contributed by atoms with van der Waals surface area (Å²) in [7, 11) is 1.42. The maximum absolute atomic E-state index is 14.0. The molecule has 0 saturated heterocycles. The molecule has 170 valence electrons. The Balaban J connectivity index is 2.01. The van der Waals surface area contributed by atoms with Crippen LogP contribution in [0.5, 0.6) is 5.75 Å². The molecule has 32 heavy (non-hydrogen) atoms. The quantitative estimate of drug-likeness (QED) is 0.456. The summed E-state index contributed by atoms with van der Waals surface area (Å²) in [4.78, 5) is 12.4. The second-order valence-corrected chi connectivity index (χ2v) is 8.62. The summed E-state index contributed by atoms with van der Waals surface area (Å²) in [5.41, 5.74) is -2.96. The number of nitrogens with zero attached hydrogens (tertiary/aromatic N) is 3. The van der Waals surface area contributed by atoms with Crippen molar-refractivity contribution in [2.45, 2.75) is 44.4 Å². The van der Waals surface area contributed by atoms with Gasteiger partial charge in [0.25, 0.3) is 0 Å². The lowest BCUT2D eigenvalue weighted by Gasteiger charge is -2.35. The van der Waals surface area contributed by atoms with E-state index in [-0.39, 0.29) is 5.69 Å². The van der Waals surface area contributed by atoms with Crippen molar-refractivity contribution in [3.63, 3.8) is 0 Å². The zero-order valence-electron chi connectivity index (χ0n) is 18.0. The van der Waals surface area contributed by atoms with Crippen molar-refractivity contribution in [2.75, 3.05) is 7.11 Å². The van der Waals surface area contributed by atoms with E-state index in [0.717, 1.165) is 0 Å². The standard InChI is InChI=1S/C23H23ClF3N3O2/c1-14-28-11-16-18(6-5-7-19(16)30-14)29-13-22(31,23(25,26)27)12-21(2,3)15-8-9-17(24)20(10-15)32-4/h5-11,13,31H,12H2,1-4H3/b29-13+. The Labute approximate surface area is 188 Å². The van der Waals surface area contributed by atoms with Crippen LogP contribution < -0.4 is 4.74 Å². The molecule has 1 heterocycles. The number of fused-ring (bicyclic) bond motifs is 1. The summed E-state index contributed by atoms with van der Waals surface area (Å²) in [6, 6.07) is 9.64. The van der Waals surface area contributed by atoms with E-state index in [2.05, 4.69) is 15.0 Å². The fraction of sp³-hybridized carbons (Fsp3) is 0.348. The van der Waals surface area contributed by atoms with Gasteiger partial charge in [-0.3, -0.25) is 4.99 Å². The fourth-order valence-electron chi connectivity index (χ4n) is 3.50. The van der Waals surface area contributed by atoms with Crippen LogP contribution >= 0.6 is 11.6 Å². The molecule has 3 aromatic rings. The number of aromatic nitrogens is 2. The van der Waals surface area contributed by atoms with Crippen LogP contribution in [-0.4, -0.2) is 40.2 Å². The summed E-state index contributed by atoms with van der Waals surface area (Å²) >= 11 is 6.04. The molecule has 5 nitrogen and oxygen atoms in total. The number of rotatable bonds is 6. The van der Waals surface area contributed by atoms with Crippen LogP contribution in [-0.2, 0) is 5.41 Å². The highest BCUT2D eigenvalue weighted by Gasteiger charge is 2.55. The number of hydrogen-bond acceptors (Lipinski definition) is 5. The van der Waals surface area contributed by atoms with Gasteiger partial charge in [0.2, 0.25) is 0 Å². The highest BCUT2D eigenvalue weighted by Crippen LogP contribution is 2.42. The first-order chi connectivity index (χ1) is 14.9. The third-order valence-corrected chi connectivity index (χ3v) is 5.59. The summed E-state index contributed by atoms with van der Waals surface area (Å²) in [6.45, 7) is 4.93. The average molecular weight is 466 g/mol. The minimum atomic E-state index is -4.96. The number of ether oxygens (including phenoxy) is 1. The van der Waals surface area contributed by atoms with Gasteiger partial charge in [-0.1, -0.05) is 37.6 Å². The van der Waals surface area contributed by atoms with E-state index in [4.69, 9.17) is 16.3 Å². The molecule has 1 aromatic heterocycles. The average Bonchev–Trinajstić information content (AvgIpc) is 2.71. The predicted octanol–water partition coefficient (Wildman–Crippen LogP) is 5.96. The lowest BCUT2D eigenvalue weighted by molar-refractivity contribution is -0.234. The van der Waals surface area contributed by atoms with Crippen molar-refractivity contribution >= 4 is 34.4 Å². The van der Waals surface area contributed by atoms with E-state index >= 15 is 0 Å². The molecule has 1 N–H and O–H groups in total. The third kappa shape index (κ3) is 4.86. The number of aliphatic hydroxyl groups is 1. The molecule has 0 bridgehead atoms. The normalized spacial score (nSPS) is 14.7. The largest absolute Gasteiger partial charge is 0.495 e. The molecule has 0 aliphatic carbocycles. The highest BCUT2D eigenvalue weighted by molar-refractivity contribution is 6.32. The van der Waals surface area contributed by atoms with Crippen LogP contribution in [0.25, 0.3) is 10.9 Å². The Bertz CT molecular complexity index is 1160. The Hall–Kier alpha value is -2.71. The van der Waals surface area contributed by atoms with Crippen LogP contribution in [0.2, 0.25) is 5.02 Å². The Kier molecular flexibility index (Phi) is 6.49. The number of aryl methyl sites for hydroxylation is 1. The van der Waals surface area contributed by atoms with Gasteiger partial charge in [-0.15, -0.1) is 0 Å². The summed E-state index contributed by atoms with van der Waals surface area (Å²) in [6.07, 6.45) is -3.57. The molecule has 1 unspecified atom stereocenters. The number of halogens is 4. The molecule has 0 aliphatic rings. The van der Waals surface area contributed by atoms with Crippen LogP contribution in [0.15, 0.2) is 47.6 Å². The second-order valence-electron chi connectivity index (χ2n) is 8.22. The van der Waals surface area contributed by atoms with Crippen molar-refractivity contribution in [3.05, 3.63) is 59.0 Å². The van der Waals surface area contributed by atoms with Gasteiger partial charge in [0.15, 0.2) is 5.60 Å². The summed E-state index contributed by atoms with van der Waals surface area (Å²) in [5, 5.41) is 11.6. The third-order valence-electron chi connectivity index (χ3n) is 5.27. The minimum Gasteiger partial charge on any atom is -0.495 e. The Morgan fingerprint density at radius 3 is 2.56 bits per heavy atom. The zero-order chi connectivity index (χ0) is 23.7. The van der Waals surface area contributed by atoms with Crippen molar-refractivity contribution in [3.8, 4) is 5.75 Å². The summed E-state index contributed by atoms with van der Waals surface area (Å²) < 4.78 is 47.2. The maximum Gasteiger partial charge on any atom is 0.422 e. The first-order valence-electron chi connectivity index (χ1n) is 9.77. The van der Waals surface area contributed by atoms with Crippen molar-refractivity contribution in [1.82, 2.24) is 9.97 Å². The minimum absolute atomic E-state index is 0.233. The fourth-order valence-corrected chi connectivity index (χ4v) is 3.69. The number of hydrogen-bond donors (Lipinski definition) is 1. The molecule has 0 saturated carbocycles. The molecule has 0 aliphatic heterocycles. The van der Waals surface area contributed by atoms with E-state index < -0.39 is 23.6 Å². The molecule has 0 amide bonds. The number of benzene rings is 2. The number of alkyl halides is 3. The zero-order valence-corrected chi connectivity index (χ0v) is 18.8. The van der Waals surface area contributed by atoms with Crippen LogP contribution in [0.3, 0.4) is 0 Å². The van der Waals surface area contributed by atoms with Gasteiger partial charge in [0.05, 0.1) is 23.3 Å².